The largest absolute Gasteiger partial charge is 0.452 e. The molecular weight excluding hydrogens is 518 g/mol. The number of ketones is 1. The molecule has 192 valence electrons. The van der Waals surface area contributed by atoms with Crippen molar-refractivity contribution in [2.45, 2.75) is 17.5 Å². The summed E-state index contributed by atoms with van der Waals surface area (Å²) in [6.45, 7) is 3.88. The highest BCUT2D eigenvalue weighted by atomic mass is 35.5. The SMILES string of the molecule is C=CC1(C(=O)OC(c2ccccc2)c2ccccc2)CS[C@@H]2C(NC(=O)C(=NO)C(=O)CCl)C(=O)N2C1. The summed E-state index contributed by atoms with van der Waals surface area (Å²) in [7, 11) is 0. The van der Waals surface area contributed by atoms with Crippen LogP contribution in [0, 0.1) is 5.41 Å². The number of nitrogens with one attached hydrogen (secondary N) is 1. The van der Waals surface area contributed by atoms with E-state index < -0.39 is 58.1 Å². The molecule has 2 amide bonds. The summed E-state index contributed by atoms with van der Waals surface area (Å²) < 4.78 is 6.05. The maximum atomic E-state index is 13.6. The maximum Gasteiger partial charge on any atom is 0.319 e. The molecule has 0 radical (unpaired) electrons. The summed E-state index contributed by atoms with van der Waals surface area (Å²) in [6, 6.07) is 17.8. The topological polar surface area (TPSA) is 125 Å². The highest BCUT2D eigenvalue weighted by Crippen LogP contribution is 2.44. The molecule has 9 nitrogen and oxygen atoms in total. The van der Waals surface area contributed by atoms with Gasteiger partial charge in [-0.05, 0) is 11.1 Å². The number of carbonyl (C=O) groups is 4. The predicted octanol–water partition coefficient (Wildman–Crippen LogP) is 2.53. The van der Waals surface area contributed by atoms with Crippen LogP contribution in [0.2, 0.25) is 0 Å². The Balaban J connectivity index is 1.49. The number of esters is 1. The molecule has 2 N–H and O–H groups in total. The summed E-state index contributed by atoms with van der Waals surface area (Å²) in [4.78, 5) is 51.9. The number of halogens is 1. The molecule has 2 fully saturated rings. The number of carbonyl (C=O) groups excluding carboxylic acids is 4. The van der Waals surface area contributed by atoms with E-state index >= 15 is 0 Å². The summed E-state index contributed by atoms with van der Waals surface area (Å²) in [6.07, 6.45) is 0.852. The standard InChI is InChI=1S/C26H24ClN3O6S/c1-2-26(25(34)36-21(16-9-5-3-6-10-16)17-11-7-4-8-12-17)14-30-23(33)20(24(30)37-15-26)28-22(32)19(29-35)18(31)13-27/h2-12,20-21,24,35H,1,13-15H2,(H,28,32)/t20?,24-,26?/m1/s1. The minimum atomic E-state index is -1.17. The number of rotatable bonds is 9. The fourth-order valence-corrected chi connectivity index (χ4v) is 5.89. The number of ether oxygens (including phenoxy) is 1. The first-order valence-corrected chi connectivity index (χ1v) is 12.9. The first-order valence-electron chi connectivity index (χ1n) is 11.3. The molecule has 2 aliphatic rings. The average Bonchev–Trinajstić information content (AvgIpc) is 2.95. The zero-order valence-electron chi connectivity index (χ0n) is 19.6. The molecule has 0 aromatic heterocycles. The Labute approximate surface area is 222 Å². The smallest absolute Gasteiger partial charge is 0.319 e. The van der Waals surface area contributed by atoms with Crippen molar-refractivity contribution in [2.75, 3.05) is 18.2 Å². The van der Waals surface area contributed by atoms with Crippen molar-refractivity contribution >= 4 is 52.6 Å². The van der Waals surface area contributed by atoms with Gasteiger partial charge in [-0.2, -0.15) is 0 Å². The van der Waals surface area contributed by atoms with Crippen LogP contribution in [0.1, 0.15) is 17.2 Å². The second-order valence-corrected chi connectivity index (χ2v) is 9.96. The number of Topliss-reactive ketones (excluding diaryl/α,β-unsaturated/α-hetero) is 1. The number of alkyl halides is 1. The lowest BCUT2D eigenvalue weighted by Crippen LogP contribution is -2.74. The number of nitrogens with zero attached hydrogens (tertiary/aromatic N) is 2. The zero-order valence-corrected chi connectivity index (χ0v) is 21.2. The van der Waals surface area contributed by atoms with Crippen LogP contribution >= 0.6 is 23.4 Å². The van der Waals surface area contributed by atoms with Crippen molar-refractivity contribution < 1.29 is 29.1 Å². The van der Waals surface area contributed by atoms with E-state index in [-0.39, 0.29) is 12.3 Å². The van der Waals surface area contributed by atoms with Crippen molar-refractivity contribution in [3.8, 4) is 0 Å². The Bertz CT molecular complexity index is 1200. The molecule has 4 rings (SSSR count). The summed E-state index contributed by atoms with van der Waals surface area (Å²) in [5, 5.41) is 13.6. The van der Waals surface area contributed by atoms with Gasteiger partial charge in [-0.25, -0.2) is 0 Å². The van der Waals surface area contributed by atoms with Crippen molar-refractivity contribution in [1.29, 1.82) is 0 Å². The number of thioether (sulfide) groups is 1. The van der Waals surface area contributed by atoms with Crippen molar-refractivity contribution in [3.63, 3.8) is 0 Å². The van der Waals surface area contributed by atoms with Crippen LogP contribution in [0.4, 0.5) is 0 Å². The van der Waals surface area contributed by atoms with E-state index in [1.54, 1.807) is 0 Å². The number of β-lactam (4-membered cyclic amide) rings is 1. The van der Waals surface area contributed by atoms with Gasteiger partial charge in [-0.15, -0.1) is 29.9 Å². The van der Waals surface area contributed by atoms with E-state index in [9.17, 15) is 19.2 Å². The number of hydrogen-bond donors (Lipinski definition) is 2. The normalized spacial score (nSPS) is 23.0. The van der Waals surface area contributed by atoms with E-state index in [0.717, 1.165) is 11.1 Å². The van der Waals surface area contributed by atoms with E-state index in [1.165, 1.54) is 22.7 Å². The Morgan fingerprint density at radius 1 is 1.19 bits per heavy atom. The number of fused-ring (bicyclic) bond motifs is 1. The average molecular weight is 542 g/mol. The fourth-order valence-electron chi connectivity index (χ4n) is 4.23. The van der Waals surface area contributed by atoms with Crippen molar-refractivity contribution in [1.82, 2.24) is 10.2 Å². The highest BCUT2D eigenvalue weighted by molar-refractivity contribution is 8.00. The van der Waals surface area contributed by atoms with Gasteiger partial charge in [-0.3, -0.25) is 19.2 Å². The molecule has 37 heavy (non-hydrogen) atoms. The van der Waals surface area contributed by atoms with Gasteiger partial charge in [0.25, 0.3) is 5.91 Å². The molecule has 0 bridgehead atoms. The van der Waals surface area contributed by atoms with E-state index in [2.05, 4.69) is 17.1 Å². The highest BCUT2D eigenvalue weighted by Gasteiger charge is 2.57. The third-order valence-corrected chi connectivity index (χ3v) is 8.11. The van der Waals surface area contributed by atoms with Gasteiger partial charge in [-0.1, -0.05) is 71.9 Å². The minimum Gasteiger partial charge on any atom is -0.452 e. The van der Waals surface area contributed by atoms with Crippen LogP contribution in [-0.4, -0.2) is 69.0 Å². The molecule has 2 aliphatic heterocycles. The zero-order chi connectivity index (χ0) is 26.6. The van der Waals surface area contributed by atoms with Gasteiger partial charge in [0.1, 0.15) is 16.8 Å². The lowest BCUT2D eigenvalue weighted by Gasteiger charge is -2.53. The van der Waals surface area contributed by atoms with Crippen LogP contribution < -0.4 is 5.32 Å². The molecule has 2 aromatic carbocycles. The molecule has 3 atom stereocenters. The molecule has 11 heteroatoms. The molecule has 0 saturated carbocycles. The number of hydrogen-bond acceptors (Lipinski definition) is 8. The minimum absolute atomic E-state index is 0.0239. The molecule has 0 aliphatic carbocycles. The first-order chi connectivity index (χ1) is 17.8. The van der Waals surface area contributed by atoms with Crippen molar-refractivity contribution in [3.05, 3.63) is 84.4 Å². The second kappa shape index (κ2) is 11.2. The van der Waals surface area contributed by atoms with Crippen LogP contribution in [0.15, 0.2) is 78.5 Å². The lowest BCUT2D eigenvalue weighted by molar-refractivity contribution is -0.162. The summed E-state index contributed by atoms with van der Waals surface area (Å²) in [5.41, 5.74) is -0.338. The lowest BCUT2D eigenvalue weighted by atomic mass is 9.87. The molecule has 2 aromatic rings. The first kappa shape index (κ1) is 26.4. The fraction of sp³-hybridized carbons (Fsp3) is 0.269. The Morgan fingerprint density at radius 2 is 1.78 bits per heavy atom. The molecule has 0 spiro atoms. The van der Waals surface area contributed by atoms with Gasteiger partial charge < -0.3 is 20.2 Å². The van der Waals surface area contributed by atoms with Crippen molar-refractivity contribution in [2.24, 2.45) is 10.6 Å². The van der Waals surface area contributed by atoms with E-state index in [4.69, 9.17) is 21.5 Å². The summed E-state index contributed by atoms with van der Waals surface area (Å²) >= 11 is 6.71. The maximum absolute atomic E-state index is 13.6. The Morgan fingerprint density at radius 3 is 2.30 bits per heavy atom. The van der Waals surface area contributed by atoms with Gasteiger partial charge in [0.05, 0.1) is 5.88 Å². The Kier molecular flexibility index (Phi) is 7.99. The number of oxime groups is 1. The number of amides is 2. The predicted molar refractivity (Wildman–Crippen MR) is 138 cm³/mol. The molecule has 2 saturated heterocycles. The molecule has 2 heterocycles. The third kappa shape index (κ3) is 5.12. The van der Waals surface area contributed by atoms with E-state index in [0.29, 0.717) is 0 Å². The summed E-state index contributed by atoms with van der Waals surface area (Å²) in [5.74, 6) is -3.13. The van der Waals surface area contributed by atoms with Crippen LogP contribution in [0.25, 0.3) is 0 Å². The van der Waals surface area contributed by atoms with Gasteiger partial charge >= 0.3 is 5.97 Å². The van der Waals surface area contributed by atoms with Crippen LogP contribution in [0.5, 0.6) is 0 Å². The van der Waals surface area contributed by atoms with Gasteiger partial charge in [0.2, 0.25) is 17.4 Å². The Hall–Kier alpha value is -3.63. The molecular formula is C26H24ClN3O6S. The molecule has 2 unspecified atom stereocenters. The third-order valence-electron chi connectivity index (χ3n) is 6.32. The van der Waals surface area contributed by atoms with Crippen LogP contribution in [0.3, 0.4) is 0 Å². The van der Waals surface area contributed by atoms with Gasteiger partial charge in [0, 0.05) is 12.3 Å². The van der Waals surface area contributed by atoms with E-state index in [1.807, 2.05) is 60.7 Å². The number of benzene rings is 2. The van der Waals surface area contributed by atoms with Gasteiger partial charge in [0.15, 0.2) is 6.10 Å². The second-order valence-electron chi connectivity index (χ2n) is 8.59. The quantitative estimate of drug-likeness (QED) is 0.0730. The van der Waals surface area contributed by atoms with Crippen LogP contribution in [-0.2, 0) is 23.9 Å². The monoisotopic (exact) mass is 541 g/mol.